The van der Waals surface area contributed by atoms with E-state index in [1.165, 1.54) is 23.0 Å². The molecule has 0 atom stereocenters. The number of anilines is 2. The summed E-state index contributed by atoms with van der Waals surface area (Å²) in [7, 11) is -2.03. The molecule has 2 rings (SSSR count). The molecule has 0 amide bonds. The van der Waals surface area contributed by atoms with Crippen molar-refractivity contribution >= 4 is 53.3 Å². The minimum Gasteiger partial charge on any atom is -0.399 e. The first-order valence-electron chi connectivity index (χ1n) is 5.05. The third kappa shape index (κ3) is 3.10. The maximum Gasteiger partial charge on any atom is 0.264 e. The Balaban J connectivity index is 2.45. The number of aromatic nitrogens is 2. The molecule has 0 aliphatic heterocycles. The molecule has 1 heterocycles. The van der Waals surface area contributed by atoms with Crippen LogP contribution >= 0.6 is 31.9 Å². The highest BCUT2D eigenvalue weighted by atomic mass is 79.9. The summed E-state index contributed by atoms with van der Waals surface area (Å²) >= 11 is 6.40. The summed E-state index contributed by atoms with van der Waals surface area (Å²) in [6, 6.07) is 3.06. The lowest BCUT2D eigenvalue weighted by Crippen LogP contribution is -2.14. The molecule has 0 fully saturated rings. The van der Waals surface area contributed by atoms with E-state index >= 15 is 0 Å². The van der Waals surface area contributed by atoms with Gasteiger partial charge in [0.25, 0.3) is 10.0 Å². The Hall–Kier alpha value is -1.06. The quantitative estimate of drug-likeness (QED) is 0.761. The zero-order valence-electron chi connectivity index (χ0n) is 9.76. The van der Waals surface area contributed by atoms with Gasteiger partial charge in [-0.25, -0.2) is 8.42 Å². The fraction of sp³-hybridized carbons (Fsp3) is 0.100. The average Bonchev–Trinajstić information content (AvgIpc) is 2.60. The number of nitrogen functional groups attached to an aromatic ring is 1. The maximum absolute atomic E-state index is 12.3. The lowest BCUT2D eigenvalue weighted by molar-refractivity contribution is 0.600. The van der Waals surface area contributed by atoms with E-state index in [2.05, 4.69) is 41.7 Å². The summed E-state index contributed by atoms with van der Waals surface area (Å²) in [5, 5.41) is 3.90. The number of nitrogens with zero attached hydrogens (tertiary/aromatic N) is 2. The van der Waals surface area contributed by atoms with Gasteiger partial charge in [0.05, 0.1) is 11.9 Å². The third-order valence-corrected chi connectivity index (χ3v) is 5.50. The molecule has 0 radical (unpaired) electrons. The zero-order chi connectivity index (χ0) is 14.2. The van der Waals surface area contributed by atoms with E-state index < -0.39 is 10.0 Å². The van der Waals surface area contributed by atoms with E-state index in [1.54, 1.807) is 13.2 Å². The van der Waals surface area contributed by atoms with E-state index in [-0.39, 0.29) is 4.90 Å². The molecule has 0 bridgehead atoms. The van der Waals surface area contributed by atoms with Crippen LogP contribution in [0, 0.1) is 0 Å². The maximum atomic E-state index is 12.3. The monoisotopic (exact) mass is 408 g/mol. The Kier molecular flexibility index (Phi) is 3.88. The van der Waals surface area contributed by atoms with Crippen molar-refractivity contribution in [1.82, 2.24) is 9.78 Å². The van der Waals surface area contributed by atoms with Gasteiger partial charge in [0, 0.05) is 27.9 Å². The van der Waals surface area contributed by atoms with Gasteiger partial charge in [-0.15, -0.1) is 0 Å². The number of nitrogens with one attached hydrogen (secondary N) is 1. The molecule has 0 aliphatic carbocycles. The van der Waals surface area contributed by atoms with Crippen molar-refractivity contribution in [3.63, 3.8) is 0 Å². The van der Waals surface area contributed by atoms with Gasteiger partial charge < -0.3 is 5.73 Å². The molecule has 0 saturated carbocycles. The number of nitrogens with two attached hydrogens (primary N) is 1. The molecule has 19 heavy (non-hydrogen) atoms. The van der Waals surface area contributed by atoms with Crippen molar-refractivity contribution in [3.05, 3.63) is 33.5 Å². The molecule has 2 aromatic rings. The Morgan fingerprint density at radius 3 is 2.37 bits per heavy atom. The normalized spacial score (nSPS) is 11.5. The summed E-state index contributed by atoms with van der Waals surface area (Å²) in [5.41, 5.74) is 6.48. The zero-order valence-corrected chi connectivity index (χ0v) is 13.8. The predicted molar refractivity (Wildman–Crippen MR) is 80.3 cm³/mol. The van der Waals surface area contributed by atoms with Crippen molar-refractivity contribution in [2.45, 2.75) is 4.90 Å². The minimum absolute atomic E-state index is 0.0885. The SMILES string of the molecule is Cn1cc(NS(=O)(=O)c2c(Br)cc(N)cc2Br)cn1. The second kappa shape index (κ2) is 5.14. The number of aryl methyl sites for hydroxylation is 1. The summed E-state index contributed by atoms with van der Waals surface area (Å²) < 4.78 is 29.3. The van der Waals surface area contributed by atoms with E-state index in [9.17, 15) is 8.42 Å². The fourth-order valence-electron chi connectivity index (χ4n) is 1.52. The summed E-state index contributed by atoms with van der Waals surface area (Å²) in [6.45, 7) is 0. The van der Waals surface area contributed by atoms with Crippen molar-refractivity contribution in [3.8, 4) is 0 Å². The van der Waals surface area contributed by atoms with Crippen molar-refractivity contribution in [2.75, 3.05) is 10.5 Å². The summed E-state index contributed by atoms with van der Waals surface area (Å²) in [4.78, 5) is 0.0885. The number of hydrogen-bond donors (Lipinski definition) is 2. The minimum atomic E-state index is -3.73. The van der Waals surface area contributed by atoms with E-state index in [1.807, 2.05) is 0 Å². The lowest BCUT2D eigenvalue weighted by Gasteiger charge is -2.10. The topological polar surface area (TPSA) is 90.0 Å². The highest BCUT2D eigenvalue weighted by molar-refractivity contribution is 9.11. The van der Waals surface area contributed by atoms with Crippen LogP contribution in [0.2, 0.25) is 0 Å². The average molecular weight is 410 g/mol. The number of halogens is 2. The van der Waals surface area contributed by atoms with Crippen LogP contribution in [0.25, 0.3) is 0 Å². The third-order valence-electron chi connectivity index (χ3n) is 2.25. The molecule has 0 spiro atoms. The molecule has 0 unspecified atom stereocenters. The number of rotatable bonds is 3. The van der Waals surface area contributed by atoms with Crippen LogP contribution in [0.1, 0.15) is 0 Å². The molecular weight excluding hydrogens is 400 g/mol. The Bertz CT molecular complexity index is 704. The second-order valence-electron chi connectivity index (χ2n) is 3.82. The first-order chi connectivity index (χ1) is 8.79. The number of benzene rings is 1. The van der Waals surface area contributed by atoms with Crippen LogP contribution in [0.5, 0.6) is 0 Å². The van der Waals surface area contributed by atoms with Gasteiger partial charge in [-0.05, 0) is 44.0 Å². The van der Waals surface area contributed by atoms with E-state index in [0.29, 0.717) is 20.3 Å². The first kappa shape index (κ1) is 14.4. The molecule has 0 aliphatic rings. The summed E-state index contributed by atoms with van der Waals surface area (Å²) in [6.07, 6.45) is 2.99. The molecule has 1 aromatic carbocycles. The Morgan fingerprint density at radius 2 is 1.89 bits per heavy atom. The van der Waals surface area contributed by atoms with Crippen molar-refractivity contribution in [1.29, 1.82) is 0 Å². The van der Waals surface area contributed by atoms with E-state index in [0.717, 1.165) is 0 Å². The smallest absolute Gasteiger partial charge is 0.264 e. The van der Waals surface area contributed by atoms with Crippen LogP contribution in [-0.4, -0.2) is 18.2 Å². The van der Waals surface area contributed by atoms with E-state index in [4.69, 9.17) is 5.73 Å². The number of sulfonamides is 1. The van der Waals surface area contributed by atoms with Crippen LogP contribution in [0.4, 0.5) is 11.4 Å². The predicted octanol–water partition coefficient (Wildman–Crippen LogP) is 2.33. The molecule has 3 N–H and O–H groups in total. The van der Waals surface area contributed by atoms with Gasteiger partial charge in [0.15, 0.2) is 0 Å². The fourth-order valence-corrected chi connectivity index (χ4v) is 5.17. The molecule has 9 heteroatoms. The summed E-state index contributed by atoms with van der Waals surface area (Å²) in [5.74, 6) is 0. The second-order valence-corrected chi connectivity index (χ2v) is 7.15. The number of hydrogen-bond acceptors (Lipinski definition) is 4. The van der Waals surface area contributed by atoms with Gasteiger partial charge >= 0.3 is 0 Å². The Labute approximate surface area is 127 Å². The van der Waals surface area contributed by atoms with Gasteiger partial charge in [-0.3, -0.25) is 9.40 Å². The molecule has 102 valence electrons. The van der Waals surface area contributed by atoms with Crippen LogP contribution in [0.3, 0.4) is 0 Å². The molecule has 1 aromatic heterocycles. The molecule has 0 saturated heterocycles. The van der Waals surface area contributed by atoms with Crippen LogP contribution in [-0.2, 0) is 17.1 Å². The molecule has 6 nitrogen and oxygen atoms in total. The lowest BCUT2D eigenvalue weighted by atomic mass is 10.3. The van der Waals surface area contributed by atoms with Gasteiger partial charge in [-0.2, -0.15) is 5.10 Å². The van der Waals surface area contributed by atoms with Crippen LogP contribution < -0.4 is 10.5 Å². The molecular formula is C10H10Br2N4O2S. The highest BCUT2D eigenvalue weighted by Crippen LogP contribution is 2.33. The van der Waals surface area contributed by atoms with Crippen molar-refractivity contribution in [2.24, 2.45) is 7.05 Å². The Morgan fingerprint density at radius 1 is 1.32 bits per heavy atom. The van der Waals surface area contributed by atoms with Crippen molar-refractivity contribution < 1.29 is 8.42 Å². The van der Waals surface area contributed by atoms with Gasteiger partial charge in [0.1, 0.15) is 4.90 Å². The highest BCUT2D eigenvalue weighted by Gasteiger charge is 2.22. The van der Waals surface area contributed by atoms with Gasteiger partial charge in [-0.1, -0.05) is 0 Å². The first-order valence-corrected chi connectivity index (χ1v) is 8.12. The van der Waals surface area contributed by atoms with Crippen LogP contribution in [0.15, 0.2) is 38.4 Å². The largest absolute Gasteiger partial charge is 0.399 e. The van der Waals surface area contributed by atoms with Gasteiger partial charge in [0.2, 0.25) is 0 Å². The standard InChI is InChI=1S/C10H10Br2N4O2S/c1-16-5-7(4-14-16)15-19(17,18)10-8(11)2-6(13)3-9(10)12/h2-5,15H,13H2,1H3.